The molecule has 0 aliphatic carbocycles. The molecule has 2 aliphatic rings. The number of carbonyl (C=O) groups is 1. The maximum absolute atomic E-state index is 13.2. The van der Waals surface area contributed by atoms with E-state index in [1.807, 2.05) is 4.90 Å². The van der Waals surface area contributed by atoms with Gasteiger partial charge >= 0.3 is 0 Å². The van der Waals surface area contributed by atoms with Crippen molar-refractivity contribution in [3.05, 3.63) is 41.4 Å². The van der Waals surface area contributed by atoms with Gasteiger partial charge in [-0.1, -0.05) is 23.7 Å². The number of halogens is 1. The molecule has 2 aromatic carbocycles. The first-order chi connectivity index (χ1) is 14.7. The van der Waals surface area contributed by atoms with E-state index in [-0.39, 0.29) is 16.8 Å². The molecule has 4 rings (SSSR count). The number of piperidine rings is 2. The Bertz CT molecular complexity index is 1060. The van der Waals surface area contributed by atoms with Gasteiger partial charge in [-0.05, 0) is 74.6 Å². The highest BCUT2D eigenvalue weighted by Gasteiger charge is 2.37. The lowest BCUT2D eigenvalue weighted by Gasteiger charge is -2.43. The number of likely N-dealkylation sites (tertiary alicyclic amines) is 2. The molecular weight excluding hydrogens is 434 g/mol. The lowest BCUT2D eigenvalue weighted by molar-refractivity contribution is -0.139. The first-order valence-corrected chi connectivity index (χ1v) is 12.9. The average Bonchev–Trinajstić information content (AvgIpc) is 2.74. The summed E-state index contributed by atoms with van der Waals surface area (Å²) in [5, 5.41) is 2.27. The molecule has 2 heterocycles. The minimum atomic E-state index is -3.81. The summed E-state index contributed by atoms with van der Waals surface area (Å²) in [4.78, 5) is 17.7. The van der Waals surface area contributed by atoms with Gasteiger partial charge in [0.25, 0.3) is 0 Å². The number of amides is 1. The number of fused-ring (bicyclic) bond motifs is 1. The monoisotopic (exact) mass is 463 g/mol. The third-order valence-electron chi connectivity index (χ3n) is 6.52. The van der Waals surface area contributed by atoms with Gasteiger partial charge in [-0.25, -0.2) is 8.42 Å². The number of carbonyl (C=O) groups excluding carboxylic acids is 1. The van der Waals surface area contributed by atoms with Gasteiger partial charge in [0.15, 0.2) is 0 Å². The van der Waals surface area contributed by atoms with Crippen molar-refractivity contribution in [1.29, 1.82) is 0 Å². The Labute approximate surface area is 189 Å². The topological polar surface area (TPSA) is 69.7 Å². The second kappa shape index (κ2) is 9.06. The van der Waals surface area contributed by atoms with Crippen molar-refractivity contribution in [2.45, 2.75) is 62.6 Å². The van der Waals surface area contributed by atoms with E-state index in [2.05, 4.69) is 23.5 Å². The molecule has 2 fully saturated rings. The third-order valence-corrected chi connectivity index (χ3v) is 8.23. The van der Waals surface area contributed by atoms with Crippen LogP contribution in [0.15, 0.2) is 41.3 Å². The number of hydrogen-bond donors (Lipinski definition) is 1. The van der Waals surface area contributed by atoms with E-state index < -0.39 is 16.1 Å². The van der Waals surface area contributed by atoms with Crippen LogP contribution in [0.5, 0.6) is 0 Å². The zero-order chi connectivity index (χ0) is 22.2. The van der Waals surface area contributed by atoms with Gasteiger partial charge in [0.1, 0.15) is 6.04 Å². The Balaban J connectivity index is 1.47. The van der Waals surface area contributed by atoms with Crippen LogP contribution in [0.25, 0.3) is 10.8 Å². The molecule has 0 radical (unpaired) electrons. The van der Waals surface area contributed by atoms with Crippen LogP contribution in [0.2, 0.25) is 5.02 Å². The maximum atomic E-state index is 13.2. The van der Waals surface area contributed by atoms with E-state index in [0.717, 1.165) is 43.1 Å². The number of sulfonamides is 1. The molecule has 6 nitrogen and oxygen atoms in total. The normalized spacial score (nSPS) is 21.9. The van der Waals surface area contributed by atoms with Gasteiger partial charge in [-0.15, -0.1) is 0 Å². The second-order valence-electron chi connectivity index (χ2n) is 8.86. The highest BCUT2D eigenvalue weighted by atomic mass is 35.5. The molecule has 0 unspecified atom stereocenters. The molecule has 168 valence electrons. The van der Waals surface area contributed by atoms with Gasteiger partial charge in [-0.2, -0.15) is 4.72 Å². The highest BCUT2D eigenvalue weighted by Crippen LogP contribution is 2.26. The fourth-order valence-electron chi connectivity index (χ4n) is 4.70. The average molecular weight is 464 g/mol. The van der Waals surface area contributed by atoms with E-state index in [1.54, 1.807) is 36.4 Å². The fraction of sp³-hybridized carbons (Fsp3) is 0.522. The highest BCUT2D eigenvalue weighted by molar-refractivity contribution is 7.89. The summed E-state index contributed by atoms with van der Waals surface area (Å²) in [6, 6.07) is 10.3. The molecule has 2 saturated heterocycles. The number of nitrogens with zero attached hydrogens (tertiary/aromatic N) is 2. The van der Waals surface area contributed by atoms with Gasteiger partial charge in [-0.3, -0.25) is 4.79 Å². The van der Waals surface area contributed by atoms with Crippen molar-refractivity contribution < 1.29 is 13.2 Å². The molecule has 2 aliphatic heterocycles. The summed E-state index contributed by atoms with van der Waals surface area (Å²) < 4.78 is 28.8. The third kappa shape index (κ3) is 4.90. The summed E-state index contributed by atoms with van der Waals surface area (Å²) in [5.74, 6) is -0.0922. The molecule has 0 bridgehead atoms. The predicted molar refractivity (Wildman–Crippen MR) is 124 cm³/mol. The smallest absolute Gasteiger partial charge is 0.241 e. The minimum absolute atomic E-state index is 0.0922. The molecule has 31 heavy (non-hydrogen) atoms. The van der Waals surface area contributed by atoms with Crippen LogP contribution in [0.3, 0.4) is 0 Å². The minimum Gasteiger partial charge on any atom is -0.338 e. The molecule has 0 spiro atoms. The fourth-order valence-corrected chi connectivity index (χ4v) is 6.14. The SMILES string of the molecule is CC(C)N1CCC(N2CCC[C@H](NS(=O)(=O)c3ccc4cc(Cl)ccc4c3)C2=O)CC1. The summed E-state index contributed by atoms with van der Waals surface area (Å²) in [6.07, 6.45) is 3.22. The quantitative estimate of drug-likeness (QED) is 0.735. The van der Waals surface area contributed by atoms with Crippen LogP contribution < -0.4 is 4.72 Å². The summed E-state index contributed by atoms with van der Waals surface area (Å²) in [5.41, 5.74) is 0. The van der Waals surface area contributed by atoms with Crippen LogP contribution in [0, 0.1) is 0 Å². The van der Waals surface area contributed by atoms with E-state index >= 15 is 0 Å². The Hall–Kier alpha value is -1.67. The van der Waals surface area contributed by atoms with E-state index in [4.69, 9.17) is 11.6 Å². The summed E-state index contributed by atoms with van der Waals surface area (Å²) >= 11 is 6.02. The Morgan fingerprint density at radius 2 is 1.68 bits per heavy atom. The van der Waals surface area contributed by atoms with E-state index in [1.165, 1.54) is 0 Å². The number of benzene rings is 2. The van der Waals surface area contributed by atoms with Crippen molar-refractivity contribution in [2.75, 3.05) is 19.6 Å². The Morgan fingerprint density at radius 1 is 1.00 bits per heavy atom. The number of rotatable bonds is 5. The number of nitrogens with one attached hydrogen (secondary N) is 1. The van der Waals surface area contributed by atoms with Gasteiger partial charge in [0, 0.05) is 36.7 Å². The molecule has 1 amide bonds. The molecule has 0 saturated carbocycles. The lowest BCUT2D eigenvalue weighted by Crippen LogP contribution is -2.57. The summed E-state index contributed by atoms with van der Waals surface area (Å²) in [6.45, 7) is 7.05. The van der Waals surface area contributed by atoms with Gasteiger partial charge in [0.05, 0.1) is 4.90 Å². The molecule has 1 atom stereocenters. The molecule has 8 heteroatoms. The zero-order valence-electron chi connectivity index (χ0n) is 18.1. The van der Waals surface area contributed by atoms with Crippen molar-refractivity contribution >= 4 is 38.3 Å². The number of hydrogen-bond acceptors (Lipinski definition) is 4. The molecule has 1 N–H and O–H groups in total. The van der Waals surface area contributed by atoms with Crippen LogP contribution in [0.4, 0.5) is 0 Å². The Morgan fingerprint density at radius 3 is 2.39 bits per heavy atom. The van der Waals surface area contributed by atoms with Gasteiger partial charge in [0.2, 0.25) is 15.9 Å². The van der Waals surface area contributed by atoms with Crippen LogP contribution >= 0.6 is 11.6 Å². The maximum Gasteiger partial charge on any atom is 0.241 e. The largest absolute Gasteiger partial charge is 0.338 e. The summed E-state index contributed by atoms with van der Waals surface area (Å²) in [7, 11) is -3.81. The second-order valence-corrected chi connectivity index (χ2v) is 11.0. The lowest BCUT2D eigenvalue weighted by atomic mass is 9.97. The molecular formula is C23H30ClN3O3S. The predicted octanol–water partition coefficient (Wildman–Crippen LogP) is 3.64. The molecule has 0 aromatic heterocycles. The first-order valence-electron chi connectivity index (χ1n) is 11.0. The zero-order valence-corrected chi connectivity index (χ0v) is 19.6. The van der Waals surface area contributed by atoms with Crippen molar-refractivity contribution in [1.82, 2.24) is 14.5 Å². The standard InChI is InChI=1S/C23H30ClN3O3S/c1-16(2)26-12-9-20(10-13-26)27-11-3-4-22(23(27)28)25-31(29,30)21-8-6-17-14-19(24)7-5-18(17)15-21/h5-8,14-16,20,22,25H,3-4,9-13H2,1-2H3/t22-/m0/s1. The van der Waals surface area contributed by atoms with E-state index in [9.17, 15) is 13.2 Å². The van der Waals surface area contributed by atoms with Crippen molar-refractivity contribution in [3.8, 4) is 0 Å². The Kier molecular flexibility index (Phi) is 6.58. The van der Waals surface area contributed by atoms with Gasteiger partial charge < -0.3 is 9.80 Å². The van der Waals surface area contributed by atoms with Crippen molar-refractivity contribution in [2.24, 2.45) is 0 Å². The first kappa shape index (κ1) is 22.5. The van der Waals surface area contributed by atoms with Crippen LogP contribution in [0.1, 0.15) is 39.5 Å². The van der Waals surface area contributed by atoms with E-state index in [0.29, 0.717) is 24.0 Å². The van der Waals surface area contributed by atoms with Crippen molar-refractivity contribution in [3.63, 3.8) is 0 Å². The van der Waals surface area contributed by atoms with Crippen LogP contribution in [-0.2, 0) is 14.8 Å². The molecule has 2 aromatic rings. The van der Waals surface area contributed by atoms with Crippen LogP contribution in [-0.4, -0.2) is 61.9 Å².